The zero-order valence-corrected chi connectivity index (χ0v) is 27.5. The lowest BCUT2D eigenvalue weighted by molar-refractivity contribution is 0.725. The van der Waals surface area contributed by atoms with Crippen molar-refractivity contribution in [2.75, 3.05) is 4.90 Å². The molecule has 3 aromatic heterocycles. The van der Waals surface area contributed by atoms with E-state index in [4.69, 9.17) is 15.0 Å². The molecule has 6 aromatic carbocycles. The van der Waals surface area contributed by atoms with Crippen LogP contribution in [0.25, 0.3) is 66.6 Å². The molecule has 0 fully saturated rings. The van der Waals surface area contributed by atoms with Crippen LogP contribution in [0.1, 0.15) is 11.5 Å². The first kappa shape index (κ1) is 28.1. The van der Waals surface area contributed by atoms with Gasteiger partial charge in [0.2, 0.25) is 11.9 Å². The number of hydrogen-bond donors (Lipinski definition) is 0. The van der Waals surface area contributed by atoms with E-state index in [0.717, 1.165) is 33.4 Å². The van der Waals surface area contributed by atoms with Crippen LogP contribution in [0.3, 0.4) is 0 Å². The molecule has 2 unspecified atom stereocenters. The summed E-state index contributed by atoms with van der Waals surface area (Å²) in [5, 5.41) is 4.75. The maximum atomic E-state index is 5.38. The predicted octanol–water partition coefficient (Wildman–Crippen LogP) is 10.5. The van der Waals surface area contributed by atoms with Gasteiger partial charge in [0, 0.05) is 44.4 Å². The van der Waals surface area contributed by atoms with Gasteiger partial charge in [-0.25, -0.2) is 0 Å². The fourth-order valence-corrected chi connectivity index (χ4v) is 8.37. The van der Waals surface area contributed by atoms with Crippen molar-refractivity contribution in [3.63, 3.8) is 0 Å². The molecule has 1 aliphatic heterocycles. The van der Waals surface area contributed by atoms with Gasteiger partial charge >= 0.3 is 0 Å². The molecule has 9 aromatic rings. The number of hydrogen-bond acceptors (Lipinski definition) is 4. The number of nitrogens with zero attached hydrogens (tertiary/aromatic N) is 6. The van der Waals surface area contributed by atoms with Gasteiger partial charge in [-0.2, -0.15) is 15.0 Å². The predicted molar refractivity (Wildman–Crippen MR) is 207 cm³/mol. The Morgan fingerprint density at radius 1 is 0.471 bits per heavy atom. The molecule has 0 saturated carbocycles. The molecule has 11 rings (SSSR count). The van der Waals surface area contributed by atoms with E-state index < -0.39 is 0 Å². The van der Waals surface area contributed by atoms with Crippen molar-refractivity contribution in [2.45, 2.75) is 12.0 Å². The topological polar surface area (TPSA) is 51.8 Å². The summed E-state index contributed by atoms with van der Waals surface area (Å²) >= 11 is 0. The highest BCUT2D eigenvalue weighted by molar-refractivity contribution is 6.26. The Hall–Kier alpha value is -6.79. The number of rotatable bonds is 4. The number of allylic oxidation sites excluding steroid dienone is 2. The minimum absolute atomic E-state index is 0.0608. The lowest BCUT2D eigenvalue weighted by Gasteiger charge is -2.27. The molecule has 6 nitrogen and oxygen atoms in total. The lowest BCUT2D eigenvalue weighted by Crippen LogP contribution is -2.30. The zero-order valence-electron chi connectivity index (χ0n) is 27.5. The third kappa shape index (κ3) is 4.07. The van der Waals surface area contributed by atoms with Crippen LogP contribution >= 0.6 is 0 Å². The quantitative estimate of drug-likeness (QED) is 0.190. The number of para-hydroxylation sites is 4. The summed E-state index contributed by atoms with van der Waals surface area (Å²) in [5.41, 5.74) is 8.89. The van der Waals surface area contributed by atoms with Crippen LogP contribution in [-0.4, -0.2) is 30.1 Å². The van der Waals surface area contributed by atoms with Crippen molar-refractivity contribution in [3.8, 4) is 23.0 Å². The molecule has 4 heterocycles. The van der Waals surface area contributed by atoms with Gasteiger partial charge in [0.15, 0.2) is 5.82 Å². The maximum absolute atomic E-state index is 5.38. The minimum atomic E-state index is 0.0608. The SMILES string of the molecule is C1=CC2c3ccccc3N(c3nc(-c4ccccc4)nc(-n4c5ccccc5c5c4ccc4c6ccccc6n(-c6ccccc6)c45)n3)C2C=C1. The van der Waals surface area contributed by atoms with Gasteiger partial charge in [0.1, 0.15) is 0 Å². The standard InChI is InChI=1S/C45H30N6/c1-3-15-29(16-4-1)43-46-44(50-37-24-12-7-19-31(37)32-20-8-13-25-38(32)50)48-45(47-43)51-39-26-14-10-22-35(39)41-40(51)28-27-34-33-21-9-11-23-36(33)49(42(34)41)30-17-5-2-6-18-30/h1-28,31,37H. The Kier molecular flexibility index (Phi) is 5.98. The fourth-order valence-electron chi connectivity index (χ4n) is 8.37. The Labute approximate surface area is 293 Å². The molecule has 6 heteroatoms. The van der Waals surface area contributed by atoms with Crippen molar-refractivity contribution in [2.24, 2.45) is 0 Å². The second kappa shape index (κ2) is 10.9. The second-order valence-electron chi connectivity index (χ2n) is 13.2. The molecule has 1 aliphatic carbocycles. The number of fused-ring (bicyclic) bond motifs is 10. The summed E-state index contributed by atoms with van der Waals surface area (Å²) < 4.78 is 4.63. The Bertz CT molecular complexity index is 2880. The van der Waals surface area contributed by atoms with Crippen molar-refractivity contribution < 1.29 is 0 Å². The van der Waals surface area contributed by atoms with E-state index in [9.17, 15) is 0 Å². The van der Waals surface area contributed by atoms with Gasteiger partial charge in [0.05, 0.1) is 28.1 Å². The highest BCUT2D eigenvalue weighted by Gasteiger charge is 2.39. The molecule has 0 saturated heterocycles. The molecule has 0 amide bonds. The average molecular weight is 655 g/mol. The smallest absolute Gasteiger partial charge is 0.240 e. The molecular formula is C45H30N6. The lowest BCUT2D eigenvalue weighted by atomic mass is 9.92. The summed E-state index contributed by atoms with van der Waals surface area (Å²) in [6.07, 6.45) is 8.82. The molecule has 2 aliphatic rings. The van der Waals surface area contributed by atoms with Crippen molar-refractivity contribution >= 4 is 55.2 Å². The van der Waals surface area contributed by atoms with Gasteiger partial charge in [-0.1, -0.05) is 133 Å². The summed E-state index contributed by atoms with van der Waals surface area (Å²) in [6, 6.07) is 51.4. The Morgan fingerprint density at radius 3 is 1.98 bits per heavy atom. The monoisotopic (exact) mass is 654 g/mol. The highest BCUT2D eigenvalue weighted by Crippen LogP contribution is 2.47. The van der Waals surface area contributed by atoms with Crippen molar-refractivity contribution in [1.29, 1.82) is 0 Å². The van der Waals surface area contributed by atoms with Crippen LogP contribution in [0.2, 0.25) is 0 Å². The van der Waals surface area contributed by atoms with E-state index in [1.807, 2.05) is 18.2 Å². The summed E-state index contributed by atoms with van der Waals surface area (Å²) in [4.78, 5) is 18.1. The highest BCUT2D eigenvalue weighted by atomic mass is 15.3. The molecular weight excluding hydrogens is 625 g/mol. The van der Waals surface area contributed by atoms with Gasteiger partial charge in [-0.05, 0) is 42.0 Å². The minimum Gasteiger partial charge on any atom is -0.309 e. The van der Waals surface area contributed by atoms with E-state index in [-0.39, 0.29) is 12.0 Å². The Morgan fingerprint density at radius 2 is 1.14 bits per heavy atom. The number of aromatic nitrogens is 5. The zero-order chi connectivity index (χ0) is 33.5. The third-order valence-corrected chi connectivity index (χ3v) is 10.5. The average Bonchev–Trinajstić information content (AvgIpc) is 3.84. The normalized spacial score (nSPS) is 16.4. The molecule has 240 valence electrons. The van der Waals surface area contributed by atoms with E-state index in [1.165, 1.54) is 32.8 Å². The summed E-state index contributed by atoms with van der Waals surface area (Å²) in [5.74, 6) is 2.07. The van der Waals surface area contributed by atoms with Crippen LogP contribution in [0.5, 0.6) is 0 Å². The molecule has 0 N–H and O–H groups in total. The van der Waals surface area contributed by atoms with Crippen LogP contribution in [0.4, 0.5) is 11.6 Å². The van der Waals surface area contributed by atoms with Crippen molar-refractivity contribution in [1.82, 2.24) is 24.1 Å². The summed E-state index contributed by atoms with van der Waals surface area (Å²) in [7, 11) is 0. The second-order valence-corrected chi connectivity index (χ2v) is 13.2. The molecule has 51 heavy (non-hydrogen) atoms. The van der Waals surface area contributed by atoms with E-state index in [0.29, 0.717) is 17.7 Å². The first-order valence-electron chi connectivity index (χ1n) is 17.4. The first-order chi connectivity index (χ1) is 25.3. The van der Waals surface area contributed by atoms with Crippen LogP contribution in [0, 0.1) is 0 Å². The van der Waals surface area contributed by atoms with Crippen LogP contribution < -0.4 is 4.90 Å². The maximum Gasteiger partial charge on any atom is 0.240 e. The number of anilines is 2. The number of benzene rings is 6. The summed E-state index contributed by atoms with van der Waals surface area (Å²) in [6.45, 7) is 0. The molecule has 0 radical (unpaired) electrons. The van der Waals surface area contributed by atoms with Crippen molar-refractivity contribution in [3.05, 3.63) is 175 Å². The fraction of sp³-hybridized carbons (Fsp3) is 0.0444. The van der Waals surface area contributed by atoms with Crippen LogP contribution in [0.15, 0.2) is 170 Å². The largest absolute Gasteiger partial charge is 0.309 e. The van der Waals surface area contributed by atoms with Gasteiger partial charge < -0.3 is 9.47 Å². The van der Waals surface area contributed by atoms with Gasteiger partial charge in [-0.3, -0.25) is 4.57 Å². The van der Waals surface area contributed by atoms with Gasteiger partial charge in [-0.15, -0.1) is 0 Å². The molecule has 2 atom stereocenters. The van der Waals surface area contributed by atoms with E-state index in [1.54, 1.807) is 0 Å². The molecule has 0 spiro atoms. The van der Waals surface area contributed by atoms with Gasteiger partial charge in [0.25, 0.3) is 0 Å². The van der Waals surface area contributed by atoms with E-state index in [2.05, 4.69) is 166 Å². The third-order valence-electron chi connectivity index (χ3n) is 10.5. The van der Waals surface area contributed by atoms with E-state index >= 15 is 0 Å². The first-order valence-corrected chi connectivity index (χ1v) is 17.4. The Balaban J connectivity index is 1.24. The molecule has 0 bridgehead atoms. The van der Waals surface area contributed by atoms with Crippen LogP contribution in [-0.2, 0) is 0 Å².